The number of benzene rings is 1. The molecule has 4 N–H and O–H groups in total. The molecule has 0 aliphatic rings. The molecule has 0 fully saturated rings. The lowest BCUT2D eigenvalue weighted by Gasteiger charge is -2.11. The third-order valence-corrected chi connectivity index (χ3v) is 3.12. The van der Waals surface area contributed by atoms with Gasteiger partial charge in [0.2, 0.25) is 5.91 Å². The Morgan fingerprint density at radius 2 is 2.10 bits per heavy atom. The van der Waals surface area contributed by atoms with Crippen LogP contribution in [0.2, 0.25) is 0 Å². The maximum Gasteiger partial charge on any atom is 0.251 e. The van der Waals surface area contributed by atoms with Gasteiger partial charge < -0.3 is 16.0 Å². The highest BCUT2D eigenvalue weighted by atomic mass is 16.1. The number of hydrogen-bond acceptors (Lipinski definition) is 3. The van der Waals surface area contributed by atoms with Crippen LogP contribution in [0, 0.1) is 6.92 Å². The van der Waals surface area contributed by atoms with Crippen molar-refractivity contribution in [2.75, 3.05) is 5.32 Å². The number of nitrogens with two attached hydrogens (primary N) is 1. The SMILES string of the molecule is CCc1cc(Nc2cccc(C(N)=O)c2)c(C)[nH]c1=O. The number of primary amides is 1. The normalized spacial score (nSPS) is 10.3. The quantitative estimate of drug-likeness (QED) is 0.795. The average Bonchev–Trinajstić information content (AvgIpc) is 2.42. The minimum absolute atomic E-state index is 0.0681. The van der Waals surface area contributed by atoms with E-state index in [4.69, 9.17) is 5.73 Å². The molecule has 0 saturated carbocycles. The predicted molar refractivity (Wildman–Crippen MR) is 79.4 cm³/mol. The molecule has 2 aromatic rings. The number of aryl methyl sites for hydroxylation is 2. The first-order valence-electron chi connectivity index (χ1n) is 6.41. The minimum atomic E-state index is -0.471. The van der Waals surface area contributed by atoms with Crippen LogP contribution >= 0.6 is 0 Å². The molecule has 0 radical (unpaired) electrons. The summed E-state index contributed by atoms with van der Waals surface area (Å²) in [6.45, 7) is 3.75. The van der Waals surface area contributed by atoms with E-state index in [-0.39, 0.29) is 5.56 Å². The number of nitrogens with one attached hydrogen (secondary N) is 2. The Morgan fingerprint density at radius 1 is 1.35 bits per heavy atom. The second-order valence-corrected chi connectivity index (χ2v) is 4.59. The monoisotopic (exact) mass is 271 g/mol. The maximum atomic E-state index is 11.7. The van der Waals surface area contributed by atoms with Crippen molar-refractivity contribution in [1.29, 1.82) is 0 Å². The fraction of sp³-hybridized carbons (Fsp3) is 0.200. The van der Waals surface area contributed by atoms with E-state index in [1.165, 1.54) is 0 Å². The zero-order valence-corrected chi connectivity index (χ0v) is 11.5. The van der Waals surface area contributed by atoms with Crippen LogP contribution in [0.15, 0.2) is 35.1 Å². The number of pyridine rings is 1. The van der Waals surface area contributed by atoms with Gasteiger partial charge in [-0.05, 0) is 37.6 Å². The van der Waals surface area contributed by atoms with Crippen molar-refractivity contribution in [3.8, 4) is 0 Å². The smallest absolute Gasteiger partial charge is 0.251 e. The Kier molecular flexibility index (Phi) is 3.89. The van der Waals surface area contributed by atoms with E-state index < -0.39 is 5.91 Å². The Balaban J connectivity index is 2.37. The van der Waals surface area contributed by atoms with E-state index in [1.54, 1.807) is 18.2 Å². The van der Waals surface area contributed by atoms with Gasteiger partial charge in [0.15, 0.2) is 0 Å². The number of rotatable bonds is 4. The zero-order chi connectivity index (χ0) is 14.7. The number of anilines is 2. The molecule has 0 bridgehead atoms. The number of hydrogen-bond donors (Lipinski definition) is 3. The molecule has 0 aliphatic heterocycles. The van der Waals surface area contributed by atoms with Crippen LogP contribution in [0.5, 0.6) is 0 Å². The summed E-state index contributed by atoms with van der Waals surface area (Å²) in [7, 11) is 0. The van der Waals surface area contributed by atoms with Gasteiger partial charge in [-0.25, -0.2) is 0 Å². The van der Waals surface area contributed by atoms with E-state index >= 15 is 0 Å². The average molecular weight is 271 g/mol. The van der Waals surface area contributed by atoms with Gasteiger partial charge in [0.05, 0.1) is 5.69 Å². The molecule has 1 aromatic carbocycles. The molecule has 5 nitrogen and oxygen atoms in total. The molecular formula is C15H17N3O2. The van der Waals surface area contributed by atoms with Crippen molar-refractivity contribution in [3.05, 3.63) is 57.5 Å². The Hall–Kier alpha value is -2.56. The topological polar surface area (TPSA) is 88.0 Å². The van der Waals surface area contributed by atoms with Crippen molar-refractivity contribution < 1.29 is 4.79 Å². The number of H-pyrrole nitrogens is 1. The molecule has 0 spiro atoms. The van der Waals surface area contributed by atoms with Crippen molar-refractivity contribution in [1.82, 2.24) is 4.98 Å². The molecule has 104 valence electrons. The van der Waals surface area contributed by atoms with Crippen LogP contribution in [0.1, 0.15) is 28.5 Å². The van der Waals surface area contributed by atoms with Gasteiger partial charge in [-0.2, -0.15) is 0 Å². The molecule has 2 rings (SSSR count). The van der Waals surface area contributed by atoms with Crippen molar-refractivity contribution >= 4 is 17.3 Å². The van der Waals surface area contributed by atoms with E-state index in [0.717, 1.165) is 17.1 Å². The van der Waals surface area contributed by atoms with Gasteiger partial charge in [-0.3, -0.25) is 9.59 Å². The van der Waals surface area contributed by atoms with Crippen molar-refractivity contribution in [2.24, 2.45) is 5.73 Å². The largest absolute Gasteiger partial charge is 0.366 e. The Bertz CT molecular complexity index is 705. The minimum Gasteiger partial charge on any atom is -0.366 e. The lowest BCUT2D eigenvalue weighted by molar-refractivity contribution is 0.100. The Labute approximate surface area is 116 Å². The predicted octanol–water partition coefficient (Wildman–Crippen LogP) is 2.09. The molecular weight excluding hydrogens is 254 g/mol. The van der Waals surface area contributed by atoms with Gasteiger partial charge >= 0.3 is 0 Å². The standard InChI is InChI=1S/C15H17N3O2/c1-3-10-8-13(9(2)17-15(10)20)18-12-6-4-5-11(7-12)14(16)19/h4-8,18H,3H2,1-2H3,(H2,16,19)(H,17,20). The third-order valence-electron chi connectivity index (χ3n) is 3.12. The van der Waals surface area contributed by atoms with Gasteiger partial charge in [0.1, 0.15) is 0 Å². The first kappa shape index (κ1) is 13.9. The number of aromatic amines is 1. The molecule has 0 saturated heterocycles. The highest BCUT2D eigenvalue weighted by Crippen LogP contribution is 2.20. The van der Waals surface area contributed by atoms with E-state index in [2.05, 4.69) is 10.3 Å². The molecule has 0 aliphatic carbocycles. The van der Waals surface area contributed by atoms with Gasteiger partial charge in [0, 0.05) is 22.5 Å². The lowest BCUT2D eigenvalue weighted by Crippen LogP contribution is -2.14. The highest BCUT2D eigenvalue weighted by molar-refractivity contribution is 5.93. The van der Waals surface area contributed by atoms with Crippen LogP contribution in [0.4, 0.5) is 11.4 Å². The summed E-state index contributed by atoms with van der Waals surface area (Å²) in [4.78, 5) is 25.6. The second kappa shape index (κ2) is 5.61. The number of carbonyl (C=O) groups excluding carboxylic acids is 1. The molecule has 20 heavy (non-hydrogen) atoms. The van der Waals surface area contributed by atoms with Gasteiger partial charge in [0.25, 0.3) is 5.56 Å². The first-order valence-corrected chi connectivity index (χ1v) is 6.41. The van der Waals surface area contributed by atoms with Crippen LogP contribution in [-0.2, 0) is 6.42 Å². The van der Waals surface area contributed by atoms with Crippen LogP contribution in [0.25, 0.3) is 0 Å². The molecule has 1 amide bonds. The highest BCUT2D eigenvalue weighted by Gasteiger charge is 2.06. The summed E-state index contributed by atoms with van der Waals surface area (Å²) in [5.74, 6) is -0.471. The second-order valence-electron chi connectivity index (χ2n) is 4.59. The van der Waals surface area contributed by atoms with Crippen molar-refractivity contribution in [3.63, 3.8) is 0 Å². The maximum absolute atomic E-state index is 11.7. The molecule has 1 heterocycles. The molecule has 1 aromatic heterocycles. The summed E-state index contributed by atoms with van der Waals surface area (Å²) in [6, 6.07) is 8.75. The summed E-state index contributed by atoms with van der Waals surface area (Å²) < 4.78 is 0. The molecule has 0 atom stereocenters. The fourth-order valence-electron chi connectivity index (χ4n) is 1.96. The zero-order valence-electron chi connectivity index (χ0n) is 11.5. The number of amides is 1. The van der Waals surface area contributed by atoms with E-state index in [1.807, 2.05) is 26.0 Å². The summed E-state index contributed by atoms with van der Waals surface area (Å²) in [5.41, 5.74) is 8.64. The number of carbonyl (C=O) groups is 1. The summed E-state index contributed by atoms with van der Waals surface area (Å²) >= 11 is 0. The lowest BCUT2D eigenvalue weighted by atomic mass is 10.1. The van der Waals surface area contributed by atoms with Gasteiger partial charge in [-0.1, -0.05) is 13.0 Å². The Morgan fingerprint density at radius 3 is 2.75 bits per heavy atom. The molecule has 5 heteroatoms. The van der Waals surface area contributed by atoms with Crippen LogP contribution in [0.3, 0.4) is 0 Å². The third kappa shape index (κ3) is 2.88. The summed E-state index contributed by atoms with van der Waals surface area (Å²) in [6.07, 6.45) is 0.658. The van der Waals surface area contributed by atoms with Crippen molar-refractivity contribution in [2.45, 2.75) is 20.3 Å². The first-order chi connectivity index (χ1) is 9.51. The van der Waals surface area contributed by atoms with E-state index in [9.17, 15) is 9.59 Å². The molecule has 0 unspecified atom stereocenters. The van der Waals surface area contributed by atoms with E-state index in [0.29, 0.717) is 17.5 Å². The van der Waals surface area contributed by atoms with Gasteiger partial charge in [-0.15, -0.1) is 0 Å². The van der Waals surface area contributed by atoms with Crippen LogP contribution < -0.4 is 16.6 Å². The van der Waals surface area contributed by atoms with Crippen LogP contribution in [-0.4, -0.2) is 10.9 Å². The fourth-order valence-corrected chi connectivity index (χ4v) is 1.96. The summed E-state index contributed by atoms with van der Waals surface area (Å²) in [5, 5.41) is 3.19. The number of aromatic nitrogens is 1.